The smallest absolute Gasteiger partial charge is 0.317 e. The summed E-state index contributed by atoms with van der Waals surface area (Å²) in [6, 6.07) is 0. The number of Topliss-reactive ketones (excluding diaryl/α,β-unsaturated/α-hetero) is 2. The van der Waals surface area contributed by atoms with Crippen molar-refractivity contribution in [1.29, 1.82) is 0 Å². The van der Waals surface area contributed by atoms with Crippen molar-refractivity contribution in [3.8, 4) is 0 Å². The number of allylic oxidation sites excluding steroid dienone is 6. The molecule has 0 aromatic rings. The fourth-order valence-corrected chi connectivity index (χ4v) is 4.46. The lowest BCUT2D eigenvalue weighted by Crippen LogP contribution is -2.50. The Hall–Kier alpha value is -2.56. The highest BCUT2D eigenvalue weighted by Gasteiger charge is 2.68. The fourth-order valence-electron chi connectivity index (χ4n) is 4.46. The van der Waals surface area contributed by atoms with Crippen molar-refractivity contribution in [1.82, 2.24) is 0 Å². The summed E-state index contributed by atoms with van der Waals surface area (Å²) in [6.45, 7) is 8.68. The number of carbonyl (C=O) groups is 4. The topological polar surface area (TPSA) is 77.5 Å². The molecule has 0 N–H and O–H groups in total. The molecular weight excluding hydrogens is 368 g/mol. The van der Waals surface area contributed by atoms with Crippen molar-refractivity contribution in [2.24, 2.45) is 11.3 Å². The predicted octanol–water partition coefficient (Wildman–Crippen LogP) is 4.23. The van der Waals surface area contributed by atoms with E-state index < -0.39 is 22.9 Å². The van der Waals surface area contributed by atoms with E-state index in [1.54, 1.807) is 39.0 Å². The molecule has 2 rings (SSSR count). The van der Waals surface area contributed by atoms with Crippen LogP contribution in [0.1, 0.15) is 60.3 Å². The number of ketones is 3. The highest BCUT2D eigenvalue weighted by Crippen LogP contribution is 2.58. The molecule has 2 aliphatic rings. The van der Waals surface area contributed by atoms with Gasteiger partial charge >= 0.3 is 5.97 Å². The highest BCUT2D eigenvalue weighted by atomic mass is 16.6. The van der Waals surface area contributed by atoms with E-state index in [9.17, 15) is 19.2 Å². The van der Waals surface area contributed by atoms with E-state index in [0.29, 0.717) is 24.0 Å². The summed E-state index contributed by atoms with van der Waals surface area (Å²) in [7, 11) is 0. The molecule has 0 unspecified atom stereocenters. The molecule has 5 nitrogen and oxygen atoms in total. The van der Waals surface area contributed by atoms with Crippen LogP contribution in [0.2, 0.25) is 0 Å². The van der Waals surface area contributed by atoms with Crippen LogP contribution >= 0.6 is 0 Å². The van der Waals surface area contributed by atoms with Crippen LogP contribution in [0.5, 0.6) is 0 Å². The summed E-state index contributed by atoms with van der Waals surface area (Å²) in [5.41, 5.74) is -1.65. The van der Waals surface area contributed by atoms with Gasteiger partial charge in [0, 0.05) is 25.2 Å². The van der Waals surface area contributed by atoms with E-state index in [1.807, 2.05) is 26.0 Å². The molecule has 1 aliphatic heterocycles. The van der Waals surface area contributed by atoms with Crippen molar-refractivity contribution in [2.45, 2.75) is 65.9 Å². The average Bonchev–Trinajstić information content (AvgIpc) is 2.84. The largest absolute Gasteiger partial charge is 0.450 e. The van der Waals surface area contributed by atoms with Gasteiger partial charge < -0.3 is 4.74 Å². The molecule has 1 aliphatic carbocycles. The van der Waals surface area contributed by atoms with Gasteiger partial charge in [0.05, 0.1) is 5.41 Å². The summed E-state index contributed by atoms with van der Waals surface area (Å²) in [5.74, 6) is -1.68. The Labute approximate surface area is 172 Å². The lowest BCUT2D eigenvalue weighted by atomic mass is 9.58. The summed E-state index contributed by atoms with van der Waals surface area (Å²) >= 11 is 0. The van der Waals surface area contributed by atoms with Crippen molar-refractivity contribution < 1.29 is 23.9 Å². The third-order valence-electron chi connectivity index (χ3n) is 6.16. The predicted molar refractivity (Wildman–Crippen MR) is 111 cm³/mol. The SMILES string of the molecule is C/C=C/C=C/C(=O)CC1=C(C)C(=O)[C@]2(C)OC(=O)[C@]1(C)[C@H]2CC(=O)CC/C=C/C. The Kier molecular flexibility index (Phi) is 6.93. The van der Waals surface area contributed by atoms with E-state index in [-0.39, 0.29) is 30.2 Å². The molecule has 156 valence electrons. The van der Waals surface area contributed by atoms with Crippen molar-refractivity contribution in [3.63, 3.8) is 0 Å². The van der Waals surface area contributed by atoms with Crippen molar-refractivity contribution in [2.75, 3.05) is 0 Å². The summed E-state index contributed by atoms with van der Waals surface area (Å²) in [6.07, 6.45) is 11.4. The van der Waals surface area contributed by atoms with Crippen LogP contribution < -0.4 is 0 Å². The first-order chi connectivity index (χ1) is 13.6. The number of carbonyl (C=O) groups excluding carboxylic acids is 4. The molecule has 0 saturated carbocycles. The van der Waals surface area contributed by atoms with Crippen molar-refractivity contribution in [3.05, 3.63) is 47.6 Å². The van der Waals surface area contributed by atoms with Gasteiger partial charge in [-0.1, -0.05) is 30.4 Å². The van der Waals surface area contributed by atoms with Crippen LogP contribution in [0.15, 0.2) is 47.6 Å². The molecule has 0 amide bonds. The normalized spacial score (nSPS) is 29.5. The average molecular weight is 398 g/mol. The minimum Gasteiger partial charge on any atom is -0.450 e. The zero-order valence-electron chi connectivity index (χ0n) is 17.9. The van der Waals surface area contributed by atoms with E-state index in [1.165, 1.54) is 6.08 Å². The molecule has 29 heavy (non-hydrogen) atoms. The van der Waals surface area contributed by atoms with Gasteiger partial charge in [0.1, 0.15) is 5.78 Å². The molecule has 1 heterocycles. The van der Waals surface area contributed by atoms with Gasteiger partial charge in [0.2, 0.25) is 5.78 Å². The zero-order chi connectivity index (χ0) is 21.8. The zero-order valence-corrected chi connectivity index (χ0v) is 17.9. The Morgan fingerprint density at radius 2 is 1.79 bits per heavy atom. The molecule has 1 saturated heterocycles. The van der Waals surface area contributed by atoms with Gasteiger partial charge in [-0.2, -0.15) is 0 Å². The molecule has 0 spiro atoms. The summed E-state index contributed by atoms with van der Waals surface area (Å²) in [4.78, 5) is 51.0. The number of fused-ring (bicyclic) bond motifs is 2. The minimum atomic E-state index is -1.36. The van der Waals surface area contributed by atoms with E-state index in [4.69, 9.17) is 4.74 Å². The van der Waals surface area contributed by atoms with Crippen LogP contribution in [0.25, 0.3) is 0 Å². The molecular formula is C24H30O5. The van der Waals surface area contributed by atoms with Crippen LogP contribution in [0, 0.1) is 11.3 Å². The van der Waals surface area contributed by atoms with Gasteiger partial charge in [-0.05, 0) is 58.3 Å². The van der Waals surface area contributed by atoms with Gasteiger partial charge in [-0.25, -0.2) is 0 Å². The number of hydrogen-bond acceptors (Lipinski definition) is 5. The molecule has 2 bridgehead atoms. The van der Waals surface area contributed by atoms with Crippen molar-refractivity contribution >= 4 is 23.3 Å². The van der Waals surface area contributed by atoms with E-state index >= 15 is 0 Å². The monoisotopic (exact) mass is 398 g/mol. The van der Waals surface area contributed by atoms with Gasteiger partial charge in [-0.3, -0.25) is 19.2 Å². The molecule has 0 aromatic carbocycles. The highest BCUT2D eigenvalue weighted by molar-refractivity contribution is 6.11. The van der Waals surface area contributed by atoms with Gasteiger partial charge in [0.15, 0.2) is 11.4 Å². The number of esters is 1. The van der Waals surface area contributed by atoms with E-state index in [2.05, 4.69) is 0 Å². The standard InChI is InChI=1S/C24H30O5/c1-6-8-10-12-17(25)14-19-16(3)21(27)24(5)20(23(19,4)22(28)29-24)15-18(26)13-11-9-7-2/h6-10,12,20H,11,13-15H2,1-5H3/b8-6+,9-7+,12-10+/t20-,23+,24-/m1/s1. The quantitative estimate of drug-likeness (QED) is 0.251. The molecule has 0 radical (unpaired) electrons. The second kappa shape index (κ2) is 8.85. The number of rotatable bonds is 9. The maximum absolute atomic E-state index is 13.1. The third-order valence-corrected chi connectivity index (χ3v) is 6.16. The second-order valence-corrected chi connectivity index (χ2v) is 8.06. The molecule has 5 heteroatoms. The Morgan fingerprint density at radius 3 is 2.41 bits per heavy atom. The lowest BCUT2D eigenvalue weighted by molar-refractivity contribution is -0.156. The molecule has 3 atom stereocenters. The third kappa shape index (κ3) is 4.09. The van der Waals surface area contributed by atoms with Gasteiger partial charge in [-0.15, -0.1) is 0 Å². The maximum Gasteiger partial charge on any atom is 0.317 e. The first kappa shape index (κ1) is 22.7. The molecule has 0 aromatic heterocycles. The summed E-state index contributed by atoms with van der Waals surface area (Å²) < 4.78 is 5.57. The first-order valence-electron chi connectivity index (χ1n) is 10.1. The van der Waals surface area contributed by atoms with Crippen LogP contribution in [-0.4, -0.2) is 28.9 Å². The second-order valence-electron chi connectivity index (χ2n) is 8.06. The maximum atomic E-state index is 13.1. The van der Waals surface area contributed by atoms with Crippen LogP contribution in [-0.2, 0) is 23.9 Å². The fraction of sp³-hybridized carbons (Fsp3) is 0.500. The van der Waals surface area contributed by atoms with Gasteiger partial charge in [0.25, 0.3) is 0 Å². The summed E-state index contributed by atoms with van der Waals surface area (Å²) in [5, 5.41) is 0. The Bertz CT molecular complexity index is 841. The minimum absolute atomic E-state index is 0.0186. The number of hydrogen-bond donors (Lipinski definition) is 0. The van der Waals surface area contributed by atoms with Crippen LogP contribution in [0.3, 0.4) is 0 Å². The first-order valence-corrected chi connectivity index (χ1v) is 10.1. The lowest BCUT2D eigenvalue weighted by Gasteiger charge is -2.40. The molecule has 1 fully saturated rings. The Balaban J connectivity index is 2.40. The van der Waals surface area contributed by atoms with E-state index in [0.717, 1.165) is 0 Å². The number of ether oxygens (including phenoxy) is 1. The van der Waals surface area contributed by atoms with Crippen LogP contribution in [0.4, 0.5) is 0 Å². The Morgan fingerprint density at radius 1 is 1.10 bits per heavy atom.